The second-order valence-electron chi connectivity index (χ2n) is 4.03. The van der Waals surface area contributed by atoms with Gasteiger partial charge in [0.2, 0.25) is 0 Å². The molecular formula is C10H19N. The van der Waals surface area contributed by atoms with Crippen molar-refractivity contribution in [2.24, 2.45) is 0 Å². The van der Waals surface area contributed by atoms with Crippen molar-refractivity contribution in [2.75, 3.05) is 13.1 Å². The molecule has 0 N–H and O–H groups in total. The molecule has 0 aromatic heterocycles. The van der Waals surface area contributed by atoms with Crippen LogP contribution in [-0.2, 0) is 0 Å². The first kappa shape index (κ1) is 7.60. The maximum absolute atomic E-state index is 2.69. The molecule has 2 fully saturated rings. The highest BCUT2D eigenvalue weighted by Gasteiger charge is 2.23. The lowest BCUT2D eigenvalue weighted by atomic mass is 10.0. The van der Waals surface area contributed by atoms with Gasteiger partial charge in [0.05, 0.1) is 0 Å². The monoisotopic (exact) mass is 153 g/mol. The Kier molecular flexibility index (Phi) is 2.47. The van der Waals surface area contributed by atoms with Crippen molar-refractivity contribution in [2.45, 2.75) is 51.0 Å². The third-order valence-electron chi connectivity index (χ3n) is 3.23. The van der Waals surface area contributed by atoms with Crippen LogP contribution < -0.4 is 0 Å². The molecule has 0 atom stereocenters. The zero-order chi connectivity index (χ0) is 7.52. The van der Waals surface area contributed by atoms with Gasteiger partial charge in [-0.15, -0.1) is 0 Å². The van der Waals surface area contributed by atoms with E-state index in [1.165, 1.54) is 58.0 Å². The van der Waals surface area contributed by atoms with Gasteiger partial charge in [-0.05, 0) is 32.4 Å². The Morgan fingerprint density at radius 1 is 0.727 bits per heavy atom. The summed E-state index contributed by atoms with van der Waals surface area (Å²) in [6.07, 6.45) is 10.4. The lowest BCUT2D eigenvalue weighted by Crippen LogP contribution is -2.44. The number of rotatable bonds is 1. The van der Waals surface area contributed by atoms with E-state index in [0.717, 1.165) is 6.04 Å². The SMILES string of the molecule is C1CCCC(N2CCC2)CC1. The number of likely N-dealkylation sites (tertiary alicyclic amines) is 1. The van der Waals surface area contributed by atoms with E-state index in [1.54, 1.807) is 0 Å². The fraction of sp³-hybridized carbons (Fsp3) is 1.00. The van der Waals surface area contributed by atoms with Crippen LogP contribution in [0.5, 0.6) is 0 Å². The molecule has 0 unspecified atom stereocenters. The summed E-state index contributed by atoms with van der Waals surface area (Å²) in [6, 6.07) is 0.978. The molecule has 1 saturated carbocycles. The van der Waals surface area contributed by atoms with Crippen LogP contribution in [0, 0.1) is 0 Å². The molecule has 1 nitrogen and oxygen atoms in total. The summed E-state index contributed by atoms with van der Waals surface area (Å²) in [5, 5.41) is 0. The Bertz CT molecular complexity index is 110. The van der Waals surface area contributed by atoms with Crippen LogP contribution >= 0.6 is 0 Å². The summed E-state index contributed by atoms with van der Waals surface area (Å²) in [5.74, 6) is 0. The van der Waals surface area contributed by atoms with Crippen LogP contribution in [-0.4, -0.2) is 24.0 Å². The lowest BCUT2D eigenvalue weighted by Gasteiger charge is -2.38. The van der Waals surface area contributed by atoms with Gasteiger partial charge in [0.15, 0.2) is 0 Å². The zero-order valence-electron chi connectivity index (χ0n) is 7.39. The van der Waals surface area contributed by atoms with Crippen LogP contribution in [0.15, 0.2) is 0 Å². The summed E-state index contributed by atoms with van der Waals surface area (Å²) in [7, 11) is 0. The van der Waals surface area contributed by atoms with Crippen molar-refractivity contribution in [1.82, 2.24) is 4.90 Å². The second-order valence-corrected chi connectivity index (χ2v) is 4.03. The first-order valence-electron chi connectivity index (χ1n) is 5.21. The summed E-state index contributed by atoms with van der Waals surface area (Å²) in [5.41, 5.74) is 0. The number of hydrogen-bond donors (Lipinski definition) is 0. The third-order valence-corrected chi connectivity index (χ3v) is 3.23. The molecule has 0 aromatic rings. The number of hydrogen-bond acceptors (Lipinski definition) is 1. The molecule has 11 heavy (non-hydrogen) atoms. The van der Waals surface area contributed by atoms with Gasteiger partial charge >= 0.3 is 0 Å². The van der Waals surface area contributed by atoms with Crippen LogP contribution in [0.3, 0.4) is 0 Å². The largest absolute Gasteiger partial charge is 0.300 e. The maximum Gasteiger partial charge on any atom is 0.00952 e. The predicted molar refractivity (Wildman–Crippen MR) is 47.7 cm³/mol. The zero-order valence-corrected chi connectivity index (χ0v) is 7.39. The molecule has 0 aromatic carbocycles. The second kappa shape index (κ2) is 3.57. The topological polar surface area (TPSA) is 3.24 Å². The van der Waals surface area contributed by atoms with E-state index in [1.807, 2.05) is 0 Å². The van der Waals surface area contributed by atoms with E-state index >= 15 is 0 Å². The Morgan fingerprint density at radius 2 is 1.36 bits per heavy atom. The van der Waals surface area contributed by atoms with Crippen LogP contribution in [0.2, 0.25) is 0 Å². The maximum atomic E-state index is 2.69. The molecule has 0 radical (unpaired) electrons. The highest BCUT2D eigenvalue weighted by Crippen LogP contribution is 2.24. The average Bonchev–Trinajstić information content (AvgIpc) is 2.12. The minimum atomic E-state index is 0.978. The fourth-order valence-corrected chi connectivity index (χ4v) is 2.33. The van der Waals surface area contributed by atoms with Gasteiger partial charge in [-0.1, -0.05) is 25.7 Å². The summed E-state index contributed by atoms with van der Waals surface area (Å²) in [4.78, 5) is 2.69. The standard InChI is InChI=1S/C10H19N/c1-2-4-7-10(6-3-1)11-8-5-9-11/h10H,1-9H2. The van der Waals surface area contributed by atoms with E-state index in [-0.39, 0.29) is 0 Å². The third kappa shape index (κ3) is 1.76. The summed E-state index contributed by atoms with van der Waals surface area (Å²) >= 11 is 0. The van der Waals surface area contributed by atoms with Gasteiger partial charge < -0.3 is 4.90 Å². The van der Waals surface area contributed by atoms with Crippen molar-refractivity contribution in [3.8, 4) is 0 Å². The Morgan fingerprint density at radius 3 is 1.82 bits per heavy atom. The van der Waals surface area contributed by atoms with Gasteiger partial charge in [-0.3, -0.25) is 0 Å². The highest BCUT2D eigenvalue weighted by atomic mass is 15.2. The van der Waals surface area contributed by atoms with E-state index < -0.39 is 0 Å². The molecule has 64 valence electrons. The van der Waals surface area contributed by atoms with E-state index in [9.17, 15) is 0 Å². The first-order chi connectivity index (χ1) is 5.47. The Balaban J connectivity index is 1.80. The molecule has 2 aliphatic rings. The highest BCUT2D eigenvalue weighted by molar-refractivity contribution is 4.79. The van der Waals surface area contributed by atoms with Gasteiger partial charge in [0.25, 0.3) is 0 Å². The van der Waals surface area contributed by atoms with E-state index in [4.69, 9.17) is 0 Å². The minimum Gasteiger partial charge on any atom is -0.300 e. The summed E-state index contributed by atoms with van der Waals surface area (Å²) in [6.45, 7) is 2.79. The fourth-order valence-electron chi connectivity index (χ4n) is 2.33. The van der Waals surface area contributed by atoms with Gasteiger partial charge in [0, 0.05) is 6.04 Å². The molecular weight excluding hydrogens is 134 g/mol. The van der Waals surface area contributed by atoms with Gasteiger partial charge in [-0.2, -0.15) is 0 Å². The molecule has 1 heterocycles. The smallest absolute Gasteiger partial charge is 0.00952 e. The molecule has 1 aliphatic carbocycles. The van der Waals surface area contributed by atoms with Crippen molar-refractivity contribution >= 4 is 0 Å². The molecule has 1 heteroatoms. The van der Waals surface area contributed by atoms with Gasteiger partial charge in [0.1, 0.15) is 0 Å². The molecule has 2 rings (SSSR count). The molecule has 0 spiro atoms. The molecule has 1 saturated heterocycles. The van der Waals surface area contributed by atoms with E-state index in [2.05, 4.69) is 4.90 Å². The normalized spacial score (nSPS) is 29.5. The van der Waals surface area contributed by atoms with Crippen LogP contribution in [0.4, 0.5) is 0 Å². The quantitative estimate of drug-likeness (QED) is 0.523. The lowest BCUT2D eigenvalue weighted by molar-refractivity contribution is 0.107. The van der Waals surface area contributed by atoms with Crippen LogP contribution in [0.25, 0.3) is 0 Å². The Hall–Kier alpha value is -0.0400. The van der Waals surface area contributed by atoms with Crippen molar-refractivity contribution < 1.29 is 0 Å². The molecule has 0 amide bonds. The van der Waals surface area contributed by atoms with Crippen molar-refractivity contribution in [3.63, 3.8) is 0 Å². The Labute approximate surface area is 69.8 Å². The van der Waals surface area contributed by atoms with E-state index in [0.29, 0.717) is 0 Å². The van der Waals surface area contributed by atoms with Crippen LogP contribution in [0.1, 0.15) is 44.9 Å². The van der Waals surface area contributed by atoms with Crippen molar-refractivity contribution in [1.29, 1.82) is 0 Å². The minimum absolute atomic E-state index is 0.978. The summed E-state index contributed by atoms with van der Waals surface area (Å²) < 4.78 is 0. The molecule has 0 bridgehead atoms. The average molecular weight is 153 g/mol. The molecule has 1 aliphatic heterocycles. The first-order valence-corrected chi connectivity index (χ1v) is 5.21. The number of nitrogens with zero attached hydrogens (tertiary/aromatic N) is 1. The van der Waals surface area contributed by atoms with Gasteiger partial charge in [-0.25, -0.2) is 0 Å². The van der Waals surface area contributed by atoms with Crippen molar-refractivity contribution in [3.05, 3.63) is 0 Å². The predicted octanol–water partition coefficient (Wildman–Crippen LogP) is 2.41.